The average Bonchev–Trinajstić information content (AvgIpc) is 2.68. The molecule has 1 amide bonds. The first-order chi connectivity index (χ1) is 7.99. The van der Waals surface area contributed by atoms with E-state index in [1.54, 1.807) is 0 Å². The van der Waals surface area contributed by atoms with E-state index in [4.69, 9.17) is 10.8 Å². The molecule has 1 heterocycles. The Morgan fingerprint density at radius 2 is 2.29 bits per heavy atom. The third-order valence-electron chi connectivity index (χ3n) is 2.37. The Labute approximate surface area is 99.4 Å². The van der Waals surface area contributed by atoms with Crippen molar-refractivity contribution in [2.75, 3.05) is 0 Å². The molecule has 0 aliphatic heterocycles. The quantitative estimate of drug-likeness (QED) is 0.642. The van der Waals surface area contributed by atoms with E-state index in [9.17, 15) is 9.59 Å². The van der Waals surface area contributed by atoms with Gasteiger partial charge in [0, 0.05) is 32.4 Å². The van der Waals surface area contributed by atoms with Crippen LogP contribution in [0.1, 0.15) is 18.4 Å². The highest BCUT2D eigenvalue weighted by Crippen LogP contribution is 2.00. The van der Waals surface area contributed by atoms with Crippen molar-refractivity contribution in [1.29, 1.82) is 0 Å². The zero-order valence-corrected chi connectivity index (χ0v) is 9.72. The summed E-state index contributed by atoms with van der Waals surface area (Å²) in [5, 5.41) is 11.1. The maximum absolute atomic E-state index is 11.5. The molecule has 0 spiro atoms. The number of carbonyl (C=O) groups is 2. The molecule has 1 unspecified atom stereocenters. The summed E-state index contributed by atoms with van der Waals surface area (Å²) in [6.07, 6.45) is 3.82. The Hall–Kier alpha value is -1.82. The van der Waals surface area contributed by atoms with Crippen molar-refractivity contribution in [3.8, 4) is 0 Å². The lowest BCUT2D eigenvalue weighted by Gasteiger charge is -2.10. The van der Waals surface area contributed by atoms with Gasteiger partial charge in [-0.2, -0.15) is 0 Å². The molecule has 0 aliphatic carbocycles. The summed E-state index contributed by atoms with van der Waals surface area (Å²) in [7, 11) is 1.89. The van der Waals surface area contributed by atoms with Gasteiger partial charge in [-0.25, -0.2) is 0 Å². The van der Waals surface area contributed by atoms with Crippen molar-refractivity contribution in [3.63, 3.8) is 0 Å². The molecule has 0 saturated heterocycles. The molecule has 1 rings (SSSR count). The van der Waals surface area contributed by atoms with E-state index >= 15 is 0 Å². The molecule has 0 fully saturated rings. The van der Waals surface area contributed by atoms with E-state index in [-0.39, 0.29) is 18.7 Å². The van der Waals surface area contributed by atoms with Crippen LogP contribution in [0.25, 0.3) is 0 Å². The van der Waals surface area contributed by atoms with Crippen LogP contribution in [0.2, 0.25) is 0 Å². The maximum Gasteiger partial charge on any atom is 0.303 e. The number of nitrogens with zero attached hydrogens (tertiary/aromatic N) is 1. The van der Waals surface area contributed by atoms with Gasteiger partial charge in [0.25, 0.3) is 0 Å². The van der Waals surface area contributed by atoms with Gasteiger partial charge in [-0.1, -0.05) is 0 Å². The fourth-order valence-electron chi connectivity index (χ4n) is 1.40. The zero-order chi connectivity index (χ0) is 12.8. The Balaban J connectivity index is 2.31. The van der Waals surface area contributed by atoms with Gasteiger partial charge in [-0.05, 0) is 18.1 Å². The highest BCUT2D eigenvalue weighted by molar-refractivity contribution is 5.82. The maximum atomic E-state index is 11.5. The number of carbonyl (C=O) groups excluding carboxylic acids is 1. The smallest absolute Gasteiger partial charge is 0.303 e. The van der Waals surface area contributed by atoms with Crippen molar-refractivity contribution >= 4 is 11.9 Å². The number of hydrogen-bond donors (Lipinski definition) is 3. The Kier molecular flexibility index (Phi) is 4.71. The topological polar surface area (TPSA) is 97.4 Å². The average molecular weight is 239 g/mol. The summed E-state index contributed by atoms with van der Waals surface area (Å²) in [6.45, 7) is 0.403. The minimum Gasteiger partial charge on any atom is -0.481 e. The normalized spacial score (nSPS) is 12.1. The van der Waals surface area contributed by atoms with E-state index in [2.05, 4.69) is 5.32 Å². The number of hydrogen-bond acceptors (Lipinski definition) is 3. The molecule has 17 heavy (non-hydrogen) atoms. The molecule has 0 aromatic carbocycles. The second kappa shape index (κ2) is 6.05. The van der Waals surface area contributed by atoms with Crippen LogP contribution in [0, 0.1) is 0 Å². The van der Waals surface area contributed by atoms with Crippen LogP contribution < -0.4 is 11.1 Å². The fraction of sp³-hybridized carbons (Fsp3) is 0.455. The molecule has 0 radical (unpaired) electrons. The zero-order valence-electron chi connectivity index (χ0n) is 9.72. The van der Waals surface area contributed by atoms with E-state index < -0.39 is 12.0 Å². The standard InChI is InChI=1S/C11H17N3O3/c1-14-5-4-8(7-14)6-13-11(17)9(12)2-3-10(15)16/h4-5,7,9H,2-3,6,12H2,1H3,(H,13,17)(H,15,16). The Bertz CT molecular complexity index is 400. The van der Waals surface area contributed by atoms with E-state index in [0.29, 0.717) is 6.54 Å². The summed E-state index contributed by atoms with van der Waals surface area (Å²) >= 11 is 0. The van der Waals surface area contributed by atoms with Crippen molar-refractivity contribution in [2.24, 2.45) is 12.8 Å². The van der Waals surface area contributed by atoms with Crippen LogP contribution in [0.5, 0.6) is 0 Å². The molecule has 6 nitrogen and oxygen atoms in total. The van der Waals surface area contributed by atoms with Crippen LogP contribution in [0.15, 0.2) is 18.5 Å². The Morgan fingerprint density at radius 3 is 2.82 bits per heavy atom. The van der Waals surface area contributed by atoms with Crippen molar-refractivity contribution in [1.82, 2.24) is 9.88 Å². The summed E-state index contributed by atoms with van der Waals surface area (Å²) in [4.78, 5) is 21.8. The summed E-state index contributed by atoms with van der Waals surface area (Å²) in [5.41, 5.74) is 6.53. The molecule has 0 bridgehead atoms. The molecule has 1 atom stereocenters. The number of carboxylic acids is 1. The molecule has 94 valence electrons. The van der Waals surface area contributed by atoms with Gasteiger partial charge >= 0.3 is 5.97 Å². The van der Waals surface area contributed by atoms with Crippen LogP contribution in [0.3, 0.4) is 0 Å². The molecule has 0 saturated carbocycles. The number of carboxylic acid groups (broad SMARTS) is 1. The number of aromatic nitrogens is 1. The second-order valence-corrected chi connectivity index (χ2v) is 3.94. The van der Waals surface area contributed by atoms with Crippen molar-refractivity contribution < 1.29 is 14.7 Å². The van der Waals surface area contributed by atoms with Gasteiger partial charge < -0.3 is 20.7 Å². The summed E-state index contributed by atoms with van der Waals surface area (Å²) < 4.78 is 1.88. The first kappa shape index (κ1) is 13.2. The lowest BCUT2D eigenvalue weighted by atomic mass is 10.1. The van der Waals surface area contributed by atoms with E-state index in [1.807, 2.05) is 30.1 Å². The molecule has 4 N–H and O–H groups in total. The number of nitrogens with one attached hydrogen (secondary N) is 1. The van der Waals surface area contributed by atoms with Gasteiger partial charge in [0.05, 0.1) is 6.04 Å². The number of rotatable bonds is 6. The Morgan fingerprint density at radius 1 is 1.59 bits per heavy atom. The SMILES string of the molecule is Cn1ccc(CNC(=O)C(N)CCC(=O)O)c1. The van der Waals surface area contributed by atoms with Gasteiger partial charge in [-0.3, -0.25) is 9.59 Å². The van der Waals surface area contributed by atoms with E-state index in [1.165, 1.54) is 0 Å². The lowest BCUT2D eigenvalue weighted by molar-refractivity contribution is -0.137. The third kappa shape index (κ3) is 4.69. The van der Waals surface area contributed by atoms with Gasteiger partial charge in [0.2, 0.25) is 5.91 Å². The van der Waals surface area contributed by atoms with Crippen molar-refractivity contribution in [3.05, 3.63) is 24.0 Å². The molecule has 0 aliphatic rings. The minimum absolute atomic E-state index is 0.0973. The monoisotopic (exact) mass is 239 g/mol. The molecule has 1 aromatic rings. The third-order valence-corrected chi connectivity index (χ3v) is 2.37. The highest BCUT2D eigenvalue weighted by atomic mass is 16.4. The number of amides is 1. The predicted octanol–water partition coefficient (Wildman–Crippen LogP) is -0.167. The molecule has 6 heteroatoms. The number of aryl methyl sites for hydroxylation is 1. The van der Waals surface area contributed by atoms with Crippen LogP contribution in [0.4, 0.5) is 0 Å². The number of aliphatic carboxylic acids is 1. The molecular formula is C11H17N3O3. The summed E-state index contributed by atoms with van der Waals surface area (Å²) in [5.74, 6) is -1.27. The predicted molar refractivity (Wildman–Crippen MR) is 62.1 cm³/mol. The van der Waals surface area contributed by atoms with Crippen molar-refractivity contribution in [2.45, 2.75) is 25.4 Å². The second-order valence-electron chi connectivity index (χ2n) is 3.94. The fourth-order valence-corrected chi connectivity index (χ4v) is 1.40. The molecular weight excluding hydrogens is 222 g/mol. The first-order valence-electron chi connectivity index (χ1n) is 5.35. The van der Waals surface area contributed by atoms with E-state index in [0.717, 1.165) is 5.56 Å². The van der Waals surface area contributed by atoms with Crippen LogP contribution >= 0.6 is 0 Å². The lowest BCUT2D eigenvalue weighted by Crippen LogP contribution is -2.40. The van der Waals surface area contributed by atoms with Gasteiger partial charge in [0.1, 0.15) is 0 Å². The van der Waals surface area contributed by atoms with Crippen LogP contribution in [-0.4, -0.2) is 27.6 Å². The summed E-state index contributed by atoms with van der Waals surface area (Å²) in [6, 6.07) is 1.12. The van der Waals surface area contributed by atoms with Gasteiger partial charge in [-0.15, -0.1) is 0 Å². The minimum atomic E-state index is -0.948. The highest BCUT2D eigenvalue weighted by Gasteiger charge is 2.14. The largest absolute Gasteiger partial charge is 0.481 e. The number of nitrogens with two attached hydrogens (primary N) is 1. The first-order valence-corrected chi connectivity index (χ1v) is 5.35. The van der Waals surface area contributed by atoms with Gasteiger partial charge in [0.15, 0.2) is 0 Å². The molecule has 1 aromatic heterocycles. The van der Waals surface area contributed by atoms with Crippen LogP contribution in [-0.2, 0) is 23.2 Å².